The van der Waals surface area contributed by atoms with Gasteiger partial charge < -0.3 is 10.1 Å². The van der Waals surface area contributed by atoms with E-state index in [1.54, 1.807) is 0 Å². The lowest BCUT2D eigenvalue weighted by Gasteiger charge is -2.17. The van der Waals surface area contributed by atoms with Crippen LogP contribution >= 0.6 is 0 Å². The van der Waals surface area contributed by atoms with Gasteiger partial charge in [-0.25, -0.2) is 8.42 Å². The SMILES string of the molecule is CC(CCc1ccc(OC(C)C)cc1)NC(=O)CN(C)S(C)(=O)=O. The molecular weight excluding hydrogens is 328 g/mol. The summed E-state index contributed by atoms with van der Waals surface area (Å²) in [6.07, 6.45) is 2.83. The first-order valence-corrected chi connectivity index (χ1v) is 9.89. The summed E-state index contributed by atoms with van der Waals surface area (Å²) in [5, 5.41) is 2.82. The largest absolute Gasteiger partial charge is 0.491 e. The maximum absolute atomic E-state index is 11.8. The molecule has 7 heteroatoms. The summed E-state index contributed by atoms with van der Waals surface area (Å²) in [4.78, 5) is 11.8. The van der Waals surface area contributed by atoms with Crippen LogP contribution in [0.15, 0.2) is 24.3 Å². The highest BCUT2D eigenvalue weighted by Crippen LogP contribution is 2.15. The molecule has 1 N–H and O–H groups in total. The Balaban J connectivity index is 2.40. The lowest BCUT2D eigenvalue weighted by atomic mass is 10.1. The Labute approximate surface area is 145 Å². The molecule has 1 rings (SSSR count). The molecule has 0 saturated heterocycles. The summed E-state index contributed by atoms with van der Waals surface area (Å²) in [6.45, 7) is 5.72. The Kier molecular flexibility index (Phi) is 7.69. The van der Waals surface area contributed by atoms with Gasteiger partial charge in [-0.2, -0.15) is 4.31 Å². The van der Waals surface area contributed by atoms with Crippen molar-refractivity contribution in [1.29, 1.82) is 0 Å². The van der Waals surface area contributed by atoms with Gasteiger partial charge in [-0.1, -0.05) is 12.1 Å². The standard InChI is InChI=1S/C17H28N2O4S/c1-13(2)23-16-10-8-15(9-11-16)7-6-14(3)18-17(20)12-19(4)24(5,21)22/h8-11,13-14H,6-7,12H2,1-5H3,(H,18,20). The summed E-state index contributed by atoms with van der Waals surface area (Å²) in [5.41, 5.74) is 1.17. The summed E-state index contributed by atoms with van der Waals surface area (Å²) in [5.74, 6) is 0.551. The van der Waals surface area contributed by atoms with Gasteiger partial charge in [-0.15, -0.1) is 0 Å². The lowest BCUT2D eigenvalue weighted by molar-refractivity contribution is -0.121. The van der Waals surface area contributed by atoms with Crippen LogP contribution in [0.25, 0.3) is 0 Å². The number of likely N-dealkylation sites (N-methyl/N-ethyl adjacent to an activating group) is 1. The Bertz CT molecular complexity index is 626. The number of nitrogens with zero attached hydrogens (tertiary/aromatic N) is 1. The van der Waals surface area contributed by atoms with Crippen LogP contribution in [0, 0.1) is 0 Å². The molecule has 0 spiro atoms. The number of sulfonamides is 1. The Hall–Kier alpha value is -1.60. The van der Waals surface area contributed by atoms with E-state index in [1.165, 1.54) is 12.6 Å². The molecule has 1 atom stereocenters. The van der Waals surface area contributed by atoms with Crippen molar-refractivity contribution in [2.75, 3.05) is 19.8 Å². The highest BCUT2D eigenvalue weighted by atomic mass is 32.2. The van der Waals surface area contributed by atoms with Crippen molar-refractivity contribution in [2.45, 2.75) is 45.8 Å². The zero-order valence-corrected chi connectivity index (χ0v) is 15.9. The fraction of sp³-hybridized carbons (Fsp3) is 0.588. The molecule has 6 nitrogen and oxygen atoms in total. The molecule has 0 aliphatic carbocycles. The van der Waals surface area contributed by atoms with Gasteiger partial charge in [-0.05, 0) is 51.3 Å². The molecule has 0 heterocycles. The number of nitrogens with one attached hydrogen (secondary N) is 1. The molecule has 0 aliphatic rings. The van der Waals surface area contributed by atoms with Crippen molar-refractivity contribution < 1.29 is 17.9 Å². The number of amides is 1. The second kappa shape index (κ2) is 9.03. The number of hydrogen-bond acceptors (Lipinski definition) is 4. The van der Waals surface area contributed by atoms with E-state index < -0.39 is 10.0 Å². The summed E-state index contributed by atoms with van der Waals surface area (Å²) < 4.78 is 29.2. The van der Waals surface area contributed by atoms with Crippen LogP contribution in [0.1, 0.15) is 32.8 Å². The predicted molar refractivity (Wildman–Crippen MR) is 95.6 cm³/mol. The minimum atomic E-state index is -3.34. The fourth-order valence-corrected chi connectivity index (χ4v) is 2.45. The number of rotatable bonds is 9. The number of hydrogen-bond donors (Lipinski definition) is 1. The number of carbonyl (C=O) groups is 1. The van der Waals surface area contributed by atoms with Crippen LogP contribution in [-0.2, 0) is 21.2 Å². The molecule has 0 fully saturated rings. The first-order chi connectivity index (χ1) is 11.1. The van der Waals surface area contributed by atoms with Gasteiger partial charge in [0.1, 0.15) is 5.75 Å². The third-order valence-electron chi connectivity index (χ3n) is 3.50. The lowest BCUT2D eigenvalue weighted by Crippen LogP contribution is -2.41. The summed E-state index contributed by atoms with van der Waals surface area (Å²) in [6, 6.07) is 7.89. The van der Waals surface area contributed by atoms with Gasteiger partial charge in [0.25, 0.3) is 0 Å². The maximum Gasteiger partial charge on any atom is 0.235 e. The van der Waals surface area contributed by atoms with Crippen LogP contribution in [0.4, 0.5) is 0 Å². The Morgan fingerprint density at radius 3 is 2.29 bits per heavy atom. The van der Waals surface area contributed by atoms with Crippen molar-refractivity contribution in [1.82, 2.24) is 9.62 Å². The highest BCUT2D eigenvalue weighted by molar-refractivity contribution is 7.88. The van der Waals surface area contributed by atoms with E-state index in [0.29, 0.717) is 0 Å². The zero-order chi connectivity index (χ0) is 18.3. The smallest absolute Gasteiger partial charge is 0.235 e. The molecular formula is C17H28N2O4S. The average Bonchev–Trinajstić information content (AvgIpc) is 2.44. The quantitative estimate of drug-likeness (QED) is 0.732. The van der Waals surface area contributed by atoms with Gasteiger partial charge in [0.15, 0.2) is 0 Å². The van der Waals surface area contributed by atoms with Crippen molar-refractivity contribution in [3.05, 3.63) is 29.8 Å². The molecule has 0 saturated carbocycles. The second-order valence-electron chi connectivity index (χ2n) is 6.34. The minimum absolute atomic E-state index is 0.0305. The number of aryl methyl sites for hydroxylation is 1. The molecule has 0 aromatic heterocycles. The number of benzene rings is 1. The molecule has 0 bridgehead atoms. The van der Waals surface area contributed by atoms with E-state index >= 15 is 0 Å². The average molecular weight is 356 g/mol. The first kappa shape index (κ1) is 20.4. The van der Waals surface area contributed by atoms with Gasteiger partial charge in [0, 0.05) is 13.1 Å². The molecule has 1 aromatic rings. The predicted octanol–water partition coefficient (Wildman–Crippen LogP) is 1.80. The monoisotopic (exact) mass is 356 g/mol. The van der Waals surface area contributed by atoms with E-state index in [0.717, 1.165) is 29.2 Å². The molecule has 0 aliphatic heterocycles. The molecule has 0 radical (unpaired) electrons. The highest BCUT2D eigenvalue weighted by Gasteiger charge is 2.16. The number of carbonyl (C=O) groups excluding carboxylic acids is 1. The molecule has 24 heavy (non-hydrogen) atoms. The van der Waals surface area contributed by atoms with Crippen LogP contribution in [0.2, 0.25) is 0 Å². The van der Waals surface area contributed by atoms with Crippen molar-refractivity contribution in [2.24, 2.45) is 0 Å². The molecule has 1 unspecified atom stereocenters. The van der Waals surface area contributed by atoms with Gasteiger partial charge in [-0.3, -0.25) is 4.79 Å². The van der Waals surface area contributed by atoms with E-state index in [1.807, 2.05) is 45.0 Å². The van der Waals surface area contributed by atoms with E-state index in [9.17, 15) is 13.2 Å². The van der Waals surface area contributed by atoms with Crippen molar-refractivity contribution >= 4 is 15.9 Å². The third kappa shape index (κ3) is 7.79. The Morgan fingerprint density at radius 2 is 1.79 bits per heavy atom. The van der Waals surface area contributed by atoms with E-state index in [2.05, 4.69) is 5.32 Å². The van der Waals surface area contributed by atoms with Crippen molar-refractivity contribution in [3.63, 3.8) is 0 Å². The van der Waals surface area contributed by atoms with Crippen LogP contribution in [-0.4, -0.2) is 50.6 Å². The fourth-order valence-electron chi connectivity index (χ4n) is 2.10. The topological polar surface area (TPSA) is 75.7 Å². The molecule has 1 aromatic carbocycles. The Morgan fingerprint density at radius 1 is 1.21 bits per heavy atom. The van der Waals surface area contributed by atoms with Crippen LogP contribution < -0.4 is 10.1 Å². The first-order valence-electron chi connectivity index (χ1n) is 8.04. The molecule has 136 valence electrons. The van der Waals surface area contributed by atoms with Gasteiger partial charge in [0.2, 0.25) is 15.9 Å². The van der Waals surface area contributed by atoms with Crippen LogP contribution in [0.5, 0.6) is 5.75 Å². The third-order valence-corrected chi connectivity index (χ3v) is 4.76. The van der Waals surface area contributed by atoms with E-state index in [4.69, 9.17) is 4.74 Å². The normalized spacial score (nSPS) is 13.1. The van der Waals surface area contributed by atoms with Gasteiger partial charge in [0.05, 0.1) is 18.9 Å². The molecule has 1 amide bonds. The van der Waals surface area contributed by atoms with Crippen LogP contribution in [0.3, 0.4) is 0 Å². The minimum Gasteiger partial charge on any atom is -0.491 e. The zero-order valence-electron chi connectivity index (χ0n) is 15.1. The van der Waals surface area contributed by atoms with Gasteiger partial charge >= 0.3 is 0 Å². The maximum atomic E-state index is 11.8. The number of ether oxygens (including phenoxy) is 1. The summed E-state index contributed by atoms with van der Waals surface area (Å²) in [7, 11) is -1.95. The van der Waals surface area contributed by atoms with Crippen molar-refractivity contribution in [3.8, 4) is 5.75 Å². The summed E-state index contributed by atoms with van der Waals surface area (Å²) >= 11 is 0. The van der Waals surface area contributed by atoms with E-state index in [-0.39, 0.29) is 24.6 Å². The second-order valence-corrected chi connectivity index (χ2v) is 8.43.